The zero-order valence-corrected chi connectivity index (χ0v) is 11.3. The highest BCUT2D eigenvalue weighted by Gasteiger charge is 2.40. The van der Waals surface area contributed by atoms with Crippen LogP contribution < -0.4 is 4.90 Å². The van der Waals surface area contributed by atoms with Crippen LogP contribution in [-0.2, 0) is 0 Å². The number of anilines is 1. The van der Waals surface area contributed by atoms with Crippen LogP contribution in [0.1, 0.15) is 6.42 Å². The van der Waals surface area contributed by atoms with E-state index in [0.717, 1.165) is 10.9 Å². The van der Waals surface area contributed by atoms with Crippen molar-refractivity contribution in [2.24, 2.45) is 5.92 Å². The molecule has 2 aliphatic heterocycles. The van der Waals surface area contributed by atoms with E-state index in [2.05, 4.69) is 41.3 Å². The van der Waals surface area contributed by atoms with Gasteiger partial charge in [0.15, 0.2) is 0 Å². The number of thioether (sulfide) groups is 1. The smallest absolute Gasteiger partial charge is 0.130 e. The van der Waals surface area contributed by atoms with Crippen molar-refractivity contribution < 1.29 is 0 Å². The third-order valence-corrected chi connectivity index (χ3v) is 4.59. The summed E-state index contributed by atoms with van der Waals surface area (Å²) >= 11 is 1.72. The van der Waals surface area contributed by atoms with E-state index in [1.165, 1.54) is 31.9 Å². The second-order valence-corrected chi connectivity index (χ2v) is 5.90. The highest BCUT2D eigenvalue weighted by atomic mass is 32.2. The molecule has 2 aliphatic rings. The zero-order chi connectivity index (χ0) is 11.8. The molecular formula is C13H19N3S. The summed E-state index contributed by atoms with van der Waals surface area (Å²) in [4.78, 5) is 9.68. The molecule has 1 aromatic heterocycles. The van der Waals surface area contributed by atoms with Crippen molar-refractivity contribution in [3.8, 4) is 0 Å². The van der Waals surface area contributed by atoms with Crippen molar-refractivity contribution in [2.75, 3.05) is 37.8 Å². The van der Waals surface area contributed by atoms with Crippen LogP contribution in [0, 0.1) is 5.92 Å². The number of hydrogen-bond acceptors (Lipinski definition) is 4. The fraction of sp³-hybridized carbons (Fsp3) is 0.615. The Morgan fingerprint density at radius 1 is 1.35 bits per heavy atom. The maximum atomic E-state index is 4.73. The summed E-state index contributed by atoms with van der Waals surface area (Å²) < 4.78 is 0. The molecule has 0 spiro atoms. The van der Waals surface area contributed by atoms with Crippen molar-refractivity contribution in [3.05, 3.63) is 18.2 Å². The minimum absolute atomic E-state index is 0.685. The van der Waals surface area contributed by atoms with Gasteiger partial charge in [0.2, 0.25) is 0 Å². The van der Waals surface area contributed by atoms with Crippen LogP contribution in [0.15, 0.2) is 23.2 Å². The topological polar surface area (TPSA) is 19.4 Å². The average Bonchev–Trinajstić information content (AvgIpc) is 2.87. The molecule has 0 unspecified atom stereocenters. The number of rotatable bonds is 2. The number of hydrogen-bond donors (Lipinski definition) is 0. The molecule has 0 N–H and O–H groups in total. The Hall–Kier alpha value is -0.740. The fourth-order valence-electron chi connectivity index (χ4n) is 3.13. The molecular weight excluding hydrogens is 230 g/mol. The van der Waals surface area contributed by atoms with Gasteiger partial charge in [-0.25, -0.2) is 4.98 Å². The summed E-state index contributed by atoms with van der Waals surface area (Å²) in [5, 5.41) is 1.12. The van der Waals surface area contributed by atoms with Crippen molar-refractivity contribution in [1.82, 2.24) is 9.88 Å². The fourth-order valence-corrected chi connectivity index (χ4v) is 3.53. The monoisotopic (exact) mass is 249 g/mol. The first-order valence-corrected chi connectivity index (χ1v) is 7.46. The lowest BCUT2D eigenvalue weighted by molar-refractivity contribution is 0.386. The minimum atomic E-state index is 0.685. The van der Waals surface area contributed by atoms with E-state index < -0.39 is 0 Å². The number of pyridine rings is 1. The Kier molecular flexibility index (Phi) is 3.01. The maximum Gasteiger partial charge on any atom is 0.130 e. The van der Waals surface area contributed by atoms with Crippen LogP contribution in [0.5, 0.6) is 0 Å². The molecule has 3 rings (SSSR count). The van der Waals surface area contributed by atoms with E-state index in [4.69, 9.17) is 4.98 Å². The van der Waals surface area contributed by atoms with Crippen LogP contribution >= 0.6 is 11.8 Å². The summed E-state index contributed by atoms with van der Waals surface area (Å²) in [5.74, 6) is 2.01. The van der Waals surface area contributed by atoms with E-state index in [1.54, 1.807) is 11.8 Å². The number of likely N-dealkylation sites (tertiary alicyclic amines) is 1. The van der Waals surface area contributed by atoms with Crippen molar-refractivity contribution in [3.63, 3.8) is 0 Å². The molecule has 0 aromatic carbocycles. The Morgan fingerprint density at radius 3 is 3.06 bits per heavy atom. The van der Waals surface area contributed by atoms with Gasteiger partial charge in [-0.15, -0.1) is 11.8 Å². The molecule has 92 valence electrons. The minimum Gasteiger partial charge on any atom is -0.352 e. The first-order chi connectivity index (χ1) is 8.28. The standard InChI is InChI=1S/C13H19N3S/c1-15-8-10-6-7-16(11(10)9-15)12-4-3-5-13(14-12)17-2/h3-5,10-11H,6-9H2,1-2H3/t10-,11+/m0/s1. The molecule has 0 aliphatic carbocycles. The number of nitrogens with zero attached hydrogens (tertiary/aromatic N) is 3. The van der Waals surface area contributed by atoms with Gasteiger partial charge in [0.25, 0.3) is 0 Å². The van der Waals surface area contributed by atoms with Gasteiger partial charge >= 0.3 is 0 Å². The Bertz CT molecular complexity index is 409. The quantitative estimate of drug-likeness (QED) is 0.746. The van der Waals surface area contributed by atoms with Gasteiger partial charge in [-0.1, -0.05) is 6.07 Å². The number of aromatic nitrogens is 1. The molecule has 4 heteroatoms. The zero-order valence-electron chi connectivity index (χ0n) is 10.5. The Labute approximate surface area is 107 Å². The third-order valence-electron chi connectivity index (χ3n) is 3.94. The van der Waals surface area contributed by atoms with Crippen LogP contribution in [0.3, 0.4) is 0 Å². The molecule has 1 aromatic rings. The van der Waals surface area contributed by atoms with Gasteiger partial charge in [0.05, 0.1) is 5.03 Å². The lowest BCUT2D eigenvalue weighted by atomic mass is 10.1. The predicted octanol–water partition coefficient (Wildman–Crippen LogP) is 1.94. The number of likely N-dealkylation sites (N-methyl/N-ethyl adjacent to an activating group) is 1. The molecule has 3 nitrogen and oxygen atoms in total. The molecule has 0 amide bonds. The number of fused-ring (bicyclic) bond motifs is 1. The predicted molar refractivity (Wildman–Crippen MR) is 72.8 cm³/mol. The molecule has 2 atom stereocenters. The van der Waals surface area contributed by atoms with Crippen LogP contribution in [-0.4, -0.2) is 48.9 Å². The molecule has 0 saturated carbocycles. The highest BCUT2D eigenvalue weighted by molar-refractivity contribution is 7.98. The first-order valence-electron chi connectivity index (χ1n) is 6.24. The van der Waals surface area contributed by atoms with E-state index in [9.17, 15) is 0 Å². The molecule has 2 saturated heterocycles. The van der Waals surface area contributed by atoms with Gasteiger partial charge in [-0.2, -0.15) is 0 Å². The van der Waals surface area contributed by atoms with Crippen LogP contribution in [0.25, 0.3) is 0 Å². The third kappa shape index (κ3) is 2.04. The van der Waals surface area contributed by atoms with E-state index in [1.807, 2.05) is 0 Å². The summed E-state index contributed by atoms with van der Waals surface area (Å²) in [6, 6.07) is 7.05. The van der Waals surface area contributed by atoms with Crippen molar-refractivity contribution >= 4 is 17.6 Å². The lowest BCUT2D eigenvalue weighted by Gasteiger charge is -2.25. The highest BCUT2D eigenvalue weighted by Crippen LogP contribution is 2.34. The molecule has 0 bridgehead atoms. The average molecular weight is 249 g/mol. The van der Waals surface area contributed by atoms with Gasteiger partial charge in [0, 0.05) is 25.7 Å². The lowest BCUT2D eigenvalue weighted by Crippen LogP contribution is -2.35. The molecule has 17 heavy (non-hydrogen) atoms. The first kappa shape index (κ1) is 11.4. The van der Waals surface area contributed by atoms with E-state index >= 15 is 0 Å². The van der Waals surface area contributed by atoms with Crippen LogP contribution in [0.2, 0.25) is 0 Å². The van der Waals surface area contributed by atoms with Gasteiger partial charge in [-0.05, 0) is 37.8 Å². The van der Waals surface area contributed by atoms with Crippen molar-refractivity contribution in [1.29, 1.82) is 0 Å². The second-order valence-electron chi connectivity index (χ2n) is 5.07. The second kappa shape index (κ2) is 4.50. The largest absolute Gasteiger partial charge is 0.352 e. The van der Waals surface area contributed by atoms with E-state index in [-0.39, 0.29) is 0 Å². The summed E-state index contributed by atoms with van der Waals surface area (Å²) in [6.07, 6.45) is 3.41. The van der Waals surface area contributed by atoms with Gasteiger partial charge < -0.3 is 9.80 Å². The van der Waals surface area contributed by atoms with Crippen LogP contribution in [0.4, 0.5) is 5.82 Å². The Balaban J connectivity index is 1.84. The summed E-state index contributed by atoms with van der Waals surface area (Å²) in [7, 11) is 2.22. The van der Waals surface area contributed by atoms with Crippen molar-refractivity contribution in [2.45, 2.75) is 17.5 Å². The van der Waals surface area contributed by atoms with Gasteiger partial charge in [0.1, 0.15) is 5.82 Å². The molecule has 3 heterocycles. The Morgan fingerprint density at radius 2 is 2.24 bits per heavy atom. The SMILES string of the molecule is CSc1cccc(N2CC[C@H]3CN(C)C[C@H]32)n1. The van der Waals surface area contributed by atoms with E-state index in [0.29, 0.717) is 6.04 Å². The normalized spacial score (nSPS) is 28.7. The molecule has 0 radical (unpaired) electrons. The maximum absolute atomic E-state index is 4.73. The van der Waals surface area contributed by atoms with Gasteiger partial charge in [-0.3, -0.25) is 0 Å². The summed E-state index contributed by atoms with van der Waals surface area (Å²) in [6.45, 7) is 3.62. The molecule has 2 fully saturated rings. The summed E-state index contributed by atoms with van der Waals surface area (Å²) in [5.41, 5.74) is 0.